The molecular formula is C28H49N5O3. The first kappa shape index (κ1) is 27.7. The van der Waals surface area contributed by atoms with E-state index in [0.717, 1.165) is 51.4 Å². The van der Waals surface area contributed by atoms with Gasteiger partial charge >= 0.3 is 5.91 Å². The Balaban J connectivity index is 1.50. The maximum absolute atomic E-state index is 12.7. The molecule has 8 heteroatoms. The molecule has 11 atom stereocenters. The quantitative estimate of drug-likeness (QED) is 0.185. The largest absolute Gasteiger partial charge is 0.393 e. The normalized spacial score (nSPS) is 44.5. The van der Waals surface area contributed by atoms with Crippen LogP contribution in [0.15, 0.2) is 5.22 Å². The van der Waals surface area contributed by atoms with E-state index in [1.54, 1.807) is 0 Å². The molecule has 4 fully saturated rings. The van der Waals surface area contributed by atoms with Gasteiger partial charge < -0.3 is 15.9 Å². The predicted octanol–water partition coefficient (Wildman–Crippen LogP) is 5.04. The molecule has 4 aliphatic rings. The van der Waals surface area contributed by atoms with E-state index in [4.69, 9.17) is 11.3 Å². The van der Waals surface area contributed by atoms with Crippen LogP contribution >= 0.6 is 0 Å². The summed E-state index contributed by atoms with van der Waals surface area (Å²) in [6, 6.07) is 0. The van der Waals surface area contributed by atoms with E-state index >= 15 is 0 Å². The lowest BCUT2D eigenvalue weighted by molar-refractivity contribution is -0.203. The molecule has 0 aliphatic heterocycles. The lowest BCUT2D eigenvalue weighted by Crippen LogP contribution is -2.62. The molecule has 4 saturated carbocycles. The lowest BCUT2D eigenvalue weighted by atomic mass is 9.41. The minimum atomic E-state index is -0.280. The average molecular weight is 504 g/mol. The van der Waals surface area contributed by atoms with Gasteiger partial charge in [-0.05, 0) is 109 Å². The molecule has 36 heavy (non-hydrogen) atoms. The molecule has 4 N–H and O–H groups in total. The highest BCUT2D eigenvalue weighted by Crippen LogP contribution is 2.69. The van der Waals surface area contributed by atoms with Crippen molar-refractivity contribution in [2.24, 2.45) is 63.2 Å². The molecule has 4 aliphatic carbocycles. The number of hydrogen-bond donors (Lipinski definition) is 3. The van der Waals surface area contributed by atoms with E-state index in [1.165, 1.54) is 11.4 Å². The third-order valence-corrected chi connectivity index (χ3v) is 11.7. The van der Waals surface area contributed by atoms with Crippen molar-refractivity contribution in [3.05, 3.63) is 10.4 Å². The third-order valence-electron chi connectivity index (χ3n) is 11.7. The average Bonchev–Trinajstić information content (AvgIpc) is 3.20. The van der Waals surface area contributed by atoms with Gasteiger partial charge in [0.05, 0.1) is 18.6 Å². The topological polar surface area (TPSA) is 136 Å². The molecule has 0 aromatic carbocycles. The summed E-state index contributed by atoms with van der Waals surface area (Å²) >= 11 is 0. The number of carbonyl (C=O) groups excluding carboxylic acids is 1. The Morgan fingerprint density at radius 3 is 2.50 bits per heavy atom. The van der Waals surface area contributed by atoms with Gasteiger partial charge in [-0.15, -0.1) is 5.53 Å². The van der Waals surface area contributed by atoms with Crippen LogP contribution in [0.3, 0.4) is 0 Å². The van der Waals surface area contributed by atoms with Gasteiger partial charge in [-0.3, -0.25) is 0 Å². The van der Waals surface area contributed by atoms with E-state index in [9.17, 15) is 15.0 Å². The molecule has 0 aromatic rings. The number of fused-ring (bicyclic) bond motifs is 5. The fraction of sp³-hybridized carbons (Fsp3) is 0.964. The number of rotatable bonds is 8. The number of nitrogens with zero attached hydrogens (tertiary/aromatic N) is 4. The first-order chi connectivity index (χ1) is 17.1. The monoisotopic (exact) mass is 503 g/mol. The van der Waals surface area contributed by atoms with Crippen molar-refractivity contribution in [3.8, 4) is 0 Å². The van der Waals surface area contributed by atoms with Crippen molar-refractivity contribution in [1.82, 2.24) is 5.01 Å². The number of aliphatic hydroxyl groups is 2. The van der Waals surface area contributed by atoms with Gasteiger partial charge in [-0.2, -0.15) is 9.92 Å². The van der Waals surface area contributed by atoms with E-state index in [2.05, 4.69) is 37.8 Å². The summed E-state index contributed by atoms with van der Waals surface area (Å²) in [4.78, 5) is 15.4. The van der Waals surface area contributed by atoms with Crippen LogP contribution in [0.4, 0.5) is 0 Å². The number of nitrogens with two attached hydrogens (primary N) is 1. The van der Waals surface area contributed by atoms with Crippen molar-refractivity contribution < 1.29 is 15.0 Å². The van der Waals surface area contributed by atoms with Crippen LogP contribution in [0.5, 0.6) is 0 Å². The molecule has 204 valence electrons. The van der Waals surface area contributed by atoms with E-state index in [1.807, 2.05) is 0 Å². The van der Waals surface area contributed by atoms with Crippen LogP contribution in [0.1, 0.15) is 91.9 Å². The Kier molecular flexibility index (Phi) is 8.31. The molecule has 0 bridgehead atoms. The number of amides is 1. The SMILES string of the molecule is CC[C@@H]1C2C[C@H](O)CC[C@]2(C)C2CCC3(C)C(CCC3[C@H](C)CCC(=O)N(CCN)N=[N+]=[N-])C2[C@@H]1O. The summed E-state index contributed by atoms with van der Waals surface area (Å²) in [5.74, 6) is 2.86. The zero-order valence-electron chi connectivity index (χ0n) is 22.9. The van der Waals surface area contributed by atoms with Crippen molar-refractivity contribution >= 4 is 5.91 Å². The van der Waals surface area contributed by atoms with Crippen molar-refractivity contribution in [3.63, 3.8) is 0 Å². The summed E-state index contributed by atoms with van der Waals surface area (Å²) in [6.07, 6.45) is 9.13. The Bertz CT molecular complexity index is 849. The first-order valence-corrected chi connectivity index (χ1v) is 14.5. The molecule has 8 nitrogen and oxygen atoms in total. The van der Waals surface area contributed by atoms with Crippen LogP contribution in [0.25, 0.3) is 10.4 Å². The van der Waals surface area contributed by atoms with Crippen LogP contribution < -0.4 is 5.73 Å². The summed E-state index contributed by atoms with van der Waals surface area (Å²) in [7, 11) is 0. The number of azide groups is 1. The van der Waals surface area contributed by atoms with E-state index < -0.39 is 0 Å². The van der Waals surface area contributed by atoms with Crippen LogP contribution in [-0.2, 0) is 4.79 Å². The van der Waals surface area contributed by atoms with Crippen molar-refractivity contribution in [1.29, 1.82) is 0 Å². The summed E-state index contributed by atoms with van der Waals surface area (Å²) in [6.45, 7) is 9.97. The molecule has 0 saturated heterocycles. The Hall–Kier alpha value is -1.34. The fourth-order valence-electron chi connectivity index (χ4n) is 10.0. The molecule has 0 radical (unpaired) electrons. The van der Waals surface area contributed by atoms with Crippen LogP contribution in [0, 0.1) is 52.3 Å². The Morgan fingerprint density at radius 2 is 1.83 bits per heavy atom. The van der Waals surface area contributed by atoms with Gasteiger partial charge in [0.1, 0.15) is 6.54 Å². The Morgan fingerprint density at radius 1 is 1.14 bits per heavy atom. The zero-order valence-corrected chi connectivity index (χ0v) is 22.9. The highest BCUT2D eigenvalue weighted by Gasteiger charge is 2.64. The molecule has 6 unspecified atom stereocenters. The second kappa shape index (κ2) is 10.8. The van der Waals surface area contributed by atoms with Gasteiger partial charge in [-0.25, -0.2) is 4.79 Å². The highest BCUT2D eigenvalue weighted by molar-refractivity contribution is 5.75. The van der Waals surface area contributed by atoms with Gasteiger partial charge in [-0.1, -0.05) is 34.1 Å². The molecule has 0 aromatic heterocycles. The number of carbonyl (C=O) groups is 1. The molecule has 0 heterocycles. The molecule has 1 amide bonds. The second-order valence-corrected chi connectivity index (χ2v) is 13.1. The Labute approximate surface area is 217 Å². The number of aliphatic hydroxyl groups excluding tert-OH is 2. The second-order valence-electron chi connectivity index (χ2n) is 13.1. The standard InChI is InChI=1S/C28H49N5O3/c1-5-19-23-16-18(34)10-12-28(23,4)22-11-13-27(3)20(7-8-21(27)25(22)26(19)36)17(2)6-9-24(35)33(15-14-29)32-31-30/h17-23,25-26,34,36H,5-16,29H2,1-4H3/t17-,18-,19-,20?,21?,22?,23?,25?,26-,27?,28-/m1/s1. The minimum absolute atomic E-state index is 0.152. The molecular weight excluding hydrogens is 454 g/mol. The van der Waals surface area contributed by atoms with Crippen LogP contribution in [0.2, 0.25) is 0 Å². The van der Waals surface area contributed by atoms with Gasteiger partial charge in [0.2, 0.25) is 0 Å². The molecule has 4 rings (SSSR count). The van der Waals surface area contributed by atoms with E-state index in [0.29, 0.717) is 41.9 Å². The minimum Gasteiger partial charge on any atom is -0.393 e. The highest BCUT2D eigenvalue weighted by atomic mass is 16.3. The zero-order chi connectivity index (χ0) is 26.3. The maximum atomic E-state index is 12.7. The van der Waals surface area contributed by atoms with Crippen LogP contribution in [-0.4, -0.2) is 46.4 Å². The summed E-state index contributed by atoms with van der Waals surface area (Å²) in [5, 5.41) is 27.0. The molecule has 0 spiro atoms. The van der Waals surface area contributed by atoms with Gasteiger partial charge in [0.15, 0.2) is 0 Å². The van der Waals surface area contributed by atoms with E-state index in [-0.39, 0.29) is 48.0 Å². The predicted molar refractivity (Wildman–Crippen MR) is 140 cm³/mol. The van der Waals surface area contributed by atoms with Crippen molar-refractivity contribution in [2.45, 2.75) is 104 Å². The van der Waals surface area contributed by atoms with Gasteiger partial charge in [0, 0.05) is 6.54 Å². The smallest absolute Gasteiger partial charge is 0.312 e. The summed E-state index contributed by atoms with van der Waals surface area (Å²) in [5.41, 5.74) is 14.7. The maximum Gasteiger partial charge on any atom is 0.312 e. The lowest BCUT2D eigenvalue weighted by Gasteiger charge is -2.64. The summed E-state index contributed by atoms with van der Waals surface area (Å²) < 4.78 is 0. The fourth-order valence-corrected chi connectivity index (χ4v) is 10.0. The first-order valence-electron chi connectivity index (χ1n) is 14.5. The van der Waals surface area contributed by atoms with Crippen molar-refractivity contribution in [2.75, 3.05) is 13.1 Å². The number of hydrogen-bond acceptors (Lipinski definition) is 5. The van der Waals surface area contributed by atoms with Gasteiger partial charge in [0.25, 0.3) is 0 Å². The third kappa shape index (κ3) is 4.57.